The van der Waals surface area contributed by atoms with Crippen LogP contribution in [0.4, 0.5) is 22.7 Å². The number of nitrogens with zero attached hydrogens (tertiary/aromatic N) is 3. The summed E-state index contributed by atoms with van der Waals surface area (Å²) in [7, 11) is 6.14. The van der Waals surface area contributed by atoms with Crippen LogP contribution in [0.1, 0.15) is 27.0 Å². The van der Waals surface area contributed by atoms with Crippen molar-refractivity contribution in [2.45, 2.75) is 18.6 Å². The molecule has 2 N–H and O–H groups in total. The smallest absolute Gasteiger partial charge is 0.260 e. The van der Waals surface area contributed by atoms with Crippen molar-refractivity contribution in [3.63, 3.8) is 0 Å². The van der Waals surface area contributed by atoms with Crippen molar-refractivity contribution in [1.82, 2.24) is 0 Å². The highest BCUT2D eigenvalue weighted by atomic mass is 28.3. The molecule has 2 aliphatic rings. The average molecular weight is 519 g/mol. The summed E-state index contributed by atoms with van der Waals surface area (Å²) < 4.78 is 0. The molecule has 0 fully saturated rings. The van der Waals surface area contributed by atoms with Crippen LogP contribution in [0.2, 0.25) is 13.1 Å². The van der Waals surface area contributed by atoms with Gasteiger partial charge in [-0.3, -0.25) is 9.69 Å². The molecule has 4 aromatic carbocycles. The lowest BCUT2D eigenvalue weighted by Crippen LogP contribution is -2.66. The fourth-order valence-electron chi connectivity index (χ4n) is 6.47. The third-order valence-electron chi connectivity index (χ3n) is 8.43. The Morgan fingerprint density at radius 2 is 1.24 bits per heavy atom. The highest BCUT2D eigenvalue weighted by molar-refractivity contribution is 7.01. The first-order valence-corrected chi connectivity index (χ1v) is 16.0. The van der Waals surface area contributed by atoms with E-state index in [0.29, 0.717) is 5.69 Å². The van der Waals surface area contributed by atoms with E-state index < -0.39 is 13.6 Å². The lowest BCUT2D eigenvalue weighted by atomic mass is 9.76. The van der Waals surface area contributed by atoms with Crippen LogP contribution in [0.25, 0.3) is 0 Å². The normalized spacial score (nSPS) is 16.2. The number of benzene rings is 4. The molecule has 0 aliphatic carbocycles. The van der Waals surface area contributed by atoms with Crippen LogP contribution in [-0.4, -0.2) is 42.2 Å². The maximum absolute atomic E-state index is 14.4. The van der Waals surface area contributed by atoms with E-state index >= 15 is 0 Å². The Bertz CT molecular complexity index is 1550. The molecule has 0 bridgehead atoms. The van der Waals surface area contributed by atoms with Crippen LogP contribution in [0.5, 0.6) is 0 Å². The standard InChI is InChI=1S/C32H34N4OSi/c1-34(2)21-15-17-25-29(19-21)38(5,6)30-20-22(35(3)4)16-18-26(30)32(25)24-12-8-7-11-23(24)31(37)36(32)28-14-10-9-13-27(28)33/h7-20H,33H2,1-6H3. The number of rotatable bonds is 3. The largest absolute Gasteiger partial charge is 0.397 e. The molecule has 6 heteroatoms. The molecule has 6 rings (SSSR count). The molecular weight excluding hydrogens is 484 g/mol. The van der Waals surface area contributed by atoms with Crippen LogP contribution in [-0.2, 0) is 5.54 Å². The Morgan fingerprint density at radius 1 is 0.711 bits per heavy atom. The number of anilines is 4. The van der Waals surface area contributed by atoms with Crippen molar-refractivity contribution in [2.24, 2.45) is 0 Å². The molecule has 5 nitrogen and oxygen atoms in total. The Kier molecular flexibility index (Phi) is 5.27. The summed E-state index contributed by atoms with van der Waals surface area (Å²) in [6, 6.07) is 29.4. The zero-order valence-corrected chi connectivity index (χ0v) is 23.9. The van der Waals surface area contributed by atoms with E-state index in [0.717, 1.165) is 28.2 Å². The minimum absolute atomic E-state index is 0.0230. The van der Waals surface area contributed by atoms with Crippen LogP contribution in [0.3, 0.4) is 0 Å². The van der Waals surface area contributed by atoms with Gasteiger partial charge >= 0.3 is 0 Å². The highest BCUT2D eigenvalue weighted by Crippen LogP contribution is 2.53. The molecule has 0 atom stereocenters. The van der Waals surface area contributed by atoms with Gasteiger partial charge in [-0.2, -0.15) is 0 Å². The molecule has 2 aliphatic heterocycles. The van der Waals surface area contributed by atoms with Gasteiger partial charge in [0.15, 0.2) is 0 Å². The van der Waals surface area contributed by atoms with Crippen molar-refractivity contribution in [3.05, 3.63) is 107 Å². The van der Waals surface area contributed by atoms with Gasteiger partial charge in [0, 0.05) is 45.1 Å². The van der Waals surface area contributed by atoms with Gasteiger partial charge in [0.05, 0.1) is 11.4 Å². The first kappa shape index (κ1) is 24.3. The lowest BCUT2D eigenvalue weighted by Gasteiger charge is -2.49. The second-order valence-corrected chi connectivity index (χ2v) is 15.7. The van der Waals surface area contributed by atoms with Crippen LogP contribution >= 0.6 is 0 Å². The van der Waals surface area contributed by atoms with Crippen LogP contribution in [0, 0.1) is 0 Å². The number of para-hydroxylation sites is 2. The number of hydrogen-bond donors (Lipinski definition) is 1. The van der Waals surface area contributed by atoms with Crippen molar-refractivity contribution in [2.75, 3.05) is 48.6 Å². The minimum atomic E-state index is -2.19. The Morgan fingerprint density at radius 3 is 1.79 bits per heavy atom. The quantitative estimate of drug-likeness (QED) is 0.321. The van der Waals surface area contributed by atoms with Crippen LogP contribution in [0.15, 0.2) is 84.9 Å². The van der Waals surface area contributed by atoms with E-state index in [1.807, 2.05) is 47.4 Å². The molecule has 0 saturated heterocycles. The topological polar surface area (TPSA) is 52.8 Å². The van der Waals surface area contributed by atoms with Crippen LogP contribution < -0.4 is 30.8 Å². The molecule has 0 aromatic heterocycles. The predicted octanol–water partition coefficient (Wildman–Crippen LogP) is 4.49. The van der Waals surface area contributed by atoms with Crippen molar-refractivity contribution in [1.29, 1.82) is 0 Å². The fourth-order valence-corrected chi connectivity index (χ4v) is 9.65. The summed E-state index contributed by atoms with van der Waals surface area (Å²) in [6.07, 6.45) is 0. The third kappa shape index (κ3) is 3.07. The fraction of sp³-hybridized carbons (Fsp3) is 0.219. The van der Waals surface area contributed by atoms with Gasteiger partial charge in [-0.15, -0.1) is 0 Å². The monoisotopic (exact) mass is 518 g/mol. The number of nitrogens with two attached hydrogens (primary N) is 1. The number of nitrogen functional groups attached to an aromatic ring is 1. The molecule has 2 heterocycles. The number of carbonyl (C=O) groups excluding carboxylic acids is 1. The Labute approximate surface area is 226 Å². The molecule has 38 heavy (non-hydrogen) atoms. The number of amides is 1. The van der Waals surface area contributed by atoms with E-state index in [1.165, 1.54) is 21.5 Å². The van der Waals surface area contributed by atoms with E-state index in [4.69, 9.17) is 5.73 Å². The van der Waals surface area contributed by atoms with Gasteiger partial charge in [-0.25, -0.2) is 0 Å². The average Bonchev–Trinajstić information content (AvgIpc) is 3.16. The molecule has 0 saturated carbocycles. The van der Waals surface area contributed by atoms with Gasteiger partial charge in [0.1, 0.15) is 13.6 Å². The lowest BCUT2D eigenvalue weighted by molar-refractivity contribution is 0.0987. The Hall–Kier alpha value is -4.03. The summed E-state index contributed by atoms with van der Waals surface area (Å²) in [5.74, 6) is -0.0230. The SMILES string of the molecule is CN(C)c1ccc2c(c1)[Si](C)(C)c1cc(N(C)C)ccc1C21c2ccccc2C(=O)N1c1ccccc1N. The Balaban J connectivity index is 1.82. The highest BCUT2D eigenvalue weighted by Gasteiger charge is 2.59. The van der Waals surface area contributed by atoms with E-state index in [-0.39, 0.29) is 5.91 Å². The predicted molar refractivity (Wildman–Crippen MR) is 162 cm³/mol. The third-order valence-corrected chi connectivity index (χ3v) is 11.9. The number of carbonyl (C=O) groups is 1. The first-order valence-electron chi connectivity index (χ1n) is 13.0. The maximum Gasteiger partial charge on any atom is 0.260 e. The molecule has 4 aromatic rings. The summed E-state index contributed by atoms with van der Waals surface area (Å²) in [5.41, 5.74) is 13.5. The molecule has 0 radical (unpaired) electrons. The van der Waals surface area contributed by atoms with Gasteiger partial charge in [-0.1, -0.05) is 55.6 Å². The number of hydrogen-bond acceptors (Lipinski definition) is 4. The zero-order chi connectivity index (χ0) is 27.0. The maximum atomic E-state index is 14.4. The van der Waals surface area contributed by atoms with Gasteiger partial charge in [0.25, 0.3) is 5.91 Å². The van der Waals surface area contributed by atoms with E-state index in [1.54, 1.807) is 0 Å². The summed E-state index contributed by atoms with van der Waals surface area (Å²) >= 11 is 0. The summed E-state index contributed by atoms with van der Waals surface area (Å²) in [4.78, 5) is 20.7. The zero-order valence-electron chi connectivity index (χ0n) is 22.9. The molecular formula is C32H34N4OSi. The second-order valence-electron chi connectivity index (χ2n) is 11.3. The molecule has 192 valence electrons. The molecule has 1 spiro atoms. The van der Waals surface area contributed by atoms with Crippen molar-refractivity contribution in [3.8, 4) is 0 Å². The van der Waals surface area contributed by atoms with Gasteiger partial charge < -0.3 is 15.5 Å². The van der Waals surface area contributed by atoms with E-state index in [2.05, 4.69) is 93.5 Å². The minimum Gasteiger partial charge on any atom is -0.397 e. The van der Waals surface area contributed by atoms with Crippen molar-refractivity contribution < 1.29 is 4.79 Å². The number of fused-ring (bicyclic) bond motifs is 6. The second kappa shape index (κ2) is 8.23. The van der Waals surface area contributed by atoms with Gasteiger partial charge in [-0.05, 0) is 69.5 Å². The van der Waals surface area contributed by atoms with Crippen molar-refractivity contribution >= 4 is 47.1 Å². The molecule has 0 unspecified atom stereocenters. The van der Waals surface area contributed by atoms with E-state index in [9.17, 15) is 4.79 Å². The van der Waals surface area contributed by atoms with Gasteiger partial charge in [0.2, 0.25) is 0 Å². The summed E-state index contributed by atoms with van der Waals surface area (Å²) in [6.45, 7) is 4.86. The molecule has 1 amide bonds. The summed E-state index contributed by atoms with van der Waals surface area (Å²) in [5, 5.41) is 2.69. The first-order chi connectivity index (χ1) is 18.1.